The van der Waals surface area contributed by atoms with Crippen LogP contribution in [0.25, 0.3) is 0 Å². The Labute approximate surface area is 128 Å². The van der Waals surface area contributed by atoms with E-state index >= 15 is 0 Å². The summed E-state index contributed by atoms with van der Waals surface area (Å²) in [4.78, 5) is 2.70. The number of benzene rings is 1. The Morgan fingerprint density at radius 3 is 2.71 bits per heavy atom. The molecule has 0 aromatic heterocycles. The Balaban J connectivity index is 1.90. The second-order valence-corrected chi connectivity index (χ2v) is 7.96. The van der Waals surface area contributed by atoms with E-state index in [4.69, 9.17) is 0 Å². The van der Waals surface area contributed by atoms with Gasteiger partial charge in [0.2, 0.25) is 10.0 Å². The van der Waals surface area contributed by atoms with Gasteiger partial charge in [0.15, 0.2) is 0 Å². The number of nitrogens with zero attached hydrogens (tertiary/aromatic N) is 1. The summed E-state index contributed by atoms with van der Waals surface area (Å²) in [5.41, 5.74) is 2.11. The molecule has 2 rings (SSSR count). The first-order valence-corrected chi connectivity index (χ1v) is 9.16. The second kappa shape index (κ2) is 6.90. The van der Waals surface area contributed by atoms with Crippen molar-refractivity contribution in [1.82, 2.24) is 9.62 Å². The zero-order valence-corrected chi connectivity index (χ0v) is 14.0. The lowest BCUT2D eigenvalue weighted by Gasteiger charge is -2.30. The van der Waals surface area contributed by atoms with E-state index in [2.05, 4.69) is 16.5 Å². The molecule has 0 unspecified atom stereocenters. The lowest BCUT2D eigenvalue weighted by Crippen LogP contribution is -2.40. The molecule has 1 N–H and O–H groups in total. The fourth-order valence-corrected chi connectivity index (χ4v) is 3.90. The van der Waals surface area contributed by atoms with Crippen LogP contribution in [0.3, 0.4) is 0 Å². The highest BCUT2D eigenvalue weighted by Crippen LogP contribution is 2.16. The van der Waals surface area contributed by atoms with Gasteiger partial charge < -0.3 is 4.90 Å². The fourth-order valence-electron chi connectivity index (χ4n) is 2.79. The van der Waals surface area contributed by atoms with Crippen molar-refractivity contribution in [2.24, 2.45) is 5.92 Å². The van der Waals surface area contributed by atoms with Crippen LogP contribution >= 0.6 is 0 Å². The Kier molecular flexibility index (Phi) is 5.41. The molecule has 1 fully saturated rings. The van der Waals surface area contributed by atoms with E-state index in [1.807, 2.05) is 19.9 Å². The largest absolute Gasteiger partial charge is 0.302 e. The van der Waals surface area contributed by atoms with Crippen molar-refractivity contribution < 1.29 is 8.42 Å². The Bertz CT molecular complexity index is 584. The monoisotopic (exact) mass is 310 g/mol. The summed E-state index contributed by atoms with van der Waals surface area (Å²) in [6.45, 7) is 9.59. The van der Waals surface area contributed by atoms with E-state index in [0.29, 0.717) is 11.4 Å². The predicted octanol–water partition coefficient (Wildman–Crippen LogP) is 2.31. The molecule has 0 radical (unpaired) electrons. The van der Waals surface area contributed by atoms with Gasteiger partial charge in [0.1, 0.15) is 0 Å². The summed E-state index contributed by atoms with van der Waals surface area (Å²) in [6, 6.07) is 5.27. The molecule has 0 spiro atoms. The number of rotatable bonds is 5. The molecule has 1 aliphatic rings. The van der Waals surface area contributed by atoms with Crippen LogP contribution in [0.1, 0.15) is 30.9 Å². The maximum Gasteiger partial charge on any atom is 0.240 e. The highest BCUT2D eigenvalue weighted by atomic mass is 32.2. The van der Waals surface area contributed by atoms with Crippen LogP contribution in [-0.4, -0.2) is 39.5 Å². The number of aryl methyl sites for hydroxylation is 2. The standard InChI is InChI=1S/C16H26N2O2S/c1-13-5-4-9-18(12-13)10-8-17-21(19,20)16-7-6-14(2)15(3)11-16/h6-7,11,13,17H,4-5,8-10,12H2,1-3H3/t13-/m0/s1. The van der Waals surface area contributed by atoms with Crippen LogP contribution in [0.15, 0.2) is 23.1 Å². The zero-order chi connectivity index (χ0) is 15.5. The van der Waals surface area contributed by atoms with E-state index in [1.165, 1.54) is 12.8 Å². The summed E-state index contributed by atoms with van der Waals surface area (Å²) in [7, 11) is -3.39. The molecule has 1 aliphatic heterocycles. The molecule has 21 heavy (non-hydrogen) atoms. The maximum absolute atomic E-state index is 12.3. The van der Waals surface area contributed by atoms with Crippen LogP contribution in [0.2, 0.25) is 0 Å². The quantitative estimate of drug-likeness (QED) is 0.908. The van der Waals surface area contributed by atoms with Gasteiger partial charge in [-0.1, -0.05) is 13.0 Å². The highest BCUT2D eigenvalue weighted by molar-refractivity contribution is 7.89. The molecule has 1 aromatic carbocycles. The number of hydrogen-bond donors (Lipinski definition) is 1. The molecular weight excluding hydrogens is 284 g/mol. The SMILES string of the molecule is Cc1ccc(S(=O)(=O)NCCN2CCC[C@H](C)C2)cc1C. The van der Waals surface area contributed by atoms with Crippen LogP contribution in [0, 0.1) is 19.8 Å². The van der Waals surface area contributed by atoms with Crippen molar-refractivity contribution in [2.45, 2.75) is 38.5 Å². The molecule has 118 valence electrons. The van der Waals surface area contributed by atoms with Crippen LogP contribution in [0.4, 0.5) is 0 Å². The van der Waals surface area contributed by atoms with Crippen molar-refractivity contribution in [1.29, 1.82) is 0 Å². The third-order valence-corrected chi connectivity index (χ3v) is 5.71. The minimum absolute atomic E-state index is 0.359. The van der Waals surface area contributed by atoms with E-state index in [1.54, 1.807) is 12.1 Å². The van der Waals surface area contributed by atoms with Gasteiger partial charge in [0, 0.05) is 19.6 Å². The summed E-state index contributed by atoms with van der Waals surface area (Å²) in [5, 5.41) is 0. The second-order valence-electron chi connectivity index (χ2n) is 6.19. The van der Waals surface area contributed by atoms with Gasteiger partial charge in [-0.05, 0) is 62.4 Å². The smallest absolute Gasteiger partial charge is 0.240 e. The Hall–Kier alpha value is -0.910. The maximum atomic E-state index is 12.3. The lowest BCUT2D eigenvalue weighted by atomic mass is 10.0. The first kappa shape index (κ1) is 16.5. The average molecular weight is 310 g/mol. The summed E-state index contributed by atoms with van der Waals surface area (Å²) in [6.07, 6.45) is 2.50. The molecule has 0 bridgehead atoms. The molecule has 1 aromatic rings. The lowest BCUT2D eigenvalue weighted by molar-refractivity contribution is 0.187. The first-order valence-electron chi connectivity index (χ1n) is 7.68. The minimum Gasteiger partial charge on any atom is -0.302 e. The Morgan fingerprint density at radius 1 is 1.29 bits per heavy atom. The topological polar surface area (TPSA) is 49.4 Å². The van der Waals surface area contributed by atoms with Gasteiger partial charge in [-0.3, -0.25) is 0 Å². The van der Waals surface area contributed by atoms with E-state index < -0.39 is 10.0 Å². The third kappa shape index (κ3) is 4.53. The number of likely N-dealkylation sites (tertiary alicyclic amines) is 1. The molecule has 1 atom stereocenters. The van der Waals surface area contributed by atoms with Crippen molar-refractivity contribution in [3.05, 3.63) is 29.3 Å². The predicted molar refractivity (Wildman–Crippen MR) is 85.9 cm³/mol. The molecule has 1 saturated heterocycles. The van der Waals surface area contributed by atoms with Crippen molar-refractivity contribution in [2.75, 3.05) is 26.2 Å². The van der Waals surface area contributed by atoms with E-state index in [-0.39, 0.29) is 0 Å². The fraction of sp³-hybridized carbons (Fsp3) is 0.625. The Morgan fingerprint density at radius 2 is 2.05 bits per heavy atom. The van der Waals surface area contributed by atoms with E-state index in [0.717, 1.165) is 36.7 Å². The average Bonchev–Trinajstić information content (AvgIpc) is 2.41. The van der Waals surface area contributed by atoms with Gasteiger partial charge >= 0.3 is 0 Å². The molecule has 0 saturated carbocycles. The number of nitrogens with one attached hydrogen (secondary N) is 1. The van der Waals surface area contributed by atoms with Gasteiger partial charge in [-0.25, -0.2) is 13.1 Å². The molecular formula is C16H26N2O2S. The summed E-state index contributed by atoms with van der Waals surface area (Å²) in [5.74, 6) is 0.718. The zero-order valence-electron chi connectivity index (χ0n) is 13.2. The number of sulfonamides is 1. The van der Waals surface area contributed by atoms with Gasteiger partial charge in [-0.2, -0.15) is 0 Å². The molecule has 1 heterocycles. The van der Waals surface area contributed by atoms with Crippen molar-refractivity contribution in [3.8, 4) is 0 Å². The van der Waals surface area contributed by atoms with Gasteiger partial charge in [-0.15, -0.1) is 0 Å². The number of piperidine rings is 1. The first-order chi connectivity index (χ1) is 9.88. The van der Waals surface area contributed by atoms with Crippen molar-refractivity contribution in [3.63, 3.8) is 0 Å². The molecule has 0 amide bonds. The third-order valence-electron chi connectivity index (χ3n) is 4.25. The number of hydrogen-bond acceptors (Lipinski definition) is 3. The highest BCUT2D eigenvalue weighted by Gasteiger charge is 2.18. The van der Waals surface area contributed by atoms with Gasteiger partial charge in [0.25, 0.3) is 0 Å². The molecule has 4 nitrogen and oxygen atoms in total. The van der Waals surface area contributed by atoms with E-state index in [9.17, 15) is 8.42 Å². The van der Waals surface area contributed by atoms with Crippen molar-refractivity contribution >= 4 is 10.0 Å². The van der Waals surface area contributed by atoms with Crippen LogP contribution in [0.5, 0.6) is 0 Å². The van der Waals surface area contributed by atoms with Crippen LogP contribution in [-0.2, 0) is 10.0 Å². The summed E-state index contributed by atoms with van der Waals surface area (Å²) >= 11 is 0. The molecule has 5 heteroatoms. The summed E-state index contributed by atoms with van der Waals surface area (Å²) < 4.78 is 27.3. The molecule has 0 aliphatic carbocycles. The normalized spacial score (nSPS) is 20.6. The minimum atomic E-state index is -3.39. The van der Waals surface area contributed by atoms with Crippen LogP contribution < -0.4 is 4.72 Å². The van der Waals surface area contributed by atoms with Gasteiger partial charge in [0.05, 0.1) is 4.90 Å².